The highest BCUT2D eigenvalue weighted by molar-refractivity contribution is 5.68. The molecule has 2 rings (SSSR count). The SMILES string of the molecule is CC(NC1CC1NC(=O)OC(C)(C)C)c1cnn(C)c1. The molecule has 1 aromatic rings. The minimum Gasteiger partial charge on any atom is -0.444 e. The van der Waals surface area contributed by atoms with Crippen molar-refractivity contribution in [2.75, 3.05) is 0 Å². The van der Waals surface area contributed by atoms with E-state index >= 15 is 0 Å². The first kappa shape index (κ1) is 14.8. The van der Waals surface area contributed by atoms with Gasteiger partial charge in [0.2, 0.25) is 0 Å². The number of aryl methyl sites for hydroxylation is 1. The van der Waals surface area contributed by atoms with Gasteiger partial charge in [-0.05, 0) is 34.1 Å². The molecule has 6 nitrogen and oxygen atoms in total. The maximum atomic E-state index is 11.6. The molecule has 6 heteroatoms. The minimum atomic E-state index is -0.453. The molecular formula is C14H24N4O2. The van der Waals surface area contributed by atoms with Crippen LogP contribution in [0.15, 0.2) is 12.4 Å². The van der Waals surface area contributed by atoms with Crippen LogP contribution in [0, 0.1) is 0 Å². The highest BCUT2D eigenvalue weighted by atomic mass is 16.6. The van der Waals surface area contributed by atoms with Crippen molar-refractivity contribution in [2.45, 2.75) is 57.8 Å². The van der Waals surface area contributed by atoms with Gasteiger partial charge >= 0.3 is 6.09 Å². The van der Waals surface area contributed by atoms with Crippen molar-refractivity contribution in [3.63, 3.8) is 0 Å². The van der Waals surface area contributed by atoms with Gasteiger partial charge in [0.15, 0.2) is 0 Å². The lowest BCUT2D eigenvalue weighted by Gasteiger charge is -2.20. The number of rotatable bonds is 4. The quantitative estimate of drug-likeness (QED) is 0.881. The molecule has 3 atom stereocenters. The second-order valence-electron chi connectivity index (χ2n) is 6.43. The van der Waals surface area contributed by atoms with E-state index in [0.717, 1.165) is 12.0 Å². The maximum absolute atomic E-state index is 11.6. The molecule has 0 radical (unpaired) electrons. The van der Waals surface area contributed by atoms with Gasteiger partial charge in [-0.2, -0.15) is 5.10 Å². The normalized spacial score (nSPS) is 23.2. The summed E-state index contributed by atoms with van der Waals surface area (Å²) in [7, 11) is 1.90. The van der Waals surface area contributed by atoms with E-state index in [4.69, 9.17) is 4.74 Å². The Kier molecular flexibility index (Phi) is 4.04. The van der Waals surface area contributed by atoms with Gasteiger partial charge in [-0.3, -0.25) is 4.68 Å². The molecule has 20 heavy (non-hydrogen) atoms. The number of ether oxygens (including phenoxy) is 1. The van der Waals surface area contributed by atoms with Gasteiger partial charge in [0.1, 0.15) is 5.60 Å². The summed E-state index contributed by atoms with van der Waals surface area (Å²) in [6.07, 6.45) is 4.44. The fraction of sp³-hybridized carbons (Fsp3) is 0.714. The molecular weight excluding hydrogens is 256 g/mol. The Hall–Kier alpha value is -1.56. The van der Waals surface area contributed by atoms with E-state index in [1.54, 1.807) is 4.68 Å². The van der Waals surface area contributed by atoms with Gasteiger partial charge in [-0.25, -0.2) is 4.79 Å². The zero-order valence-electron chi connectivity index (χ0n) is 12.8. The highest BCUT2D eigenvalue weighted by Gasteiger charge is 2.40. The molecule has 0 saturated heterocycles. The van der Waals surface area contributed by atoms with E-state index in [0.29, 0.717) is 6.04 Å². The summed E-state index contributed by atoms with van der Waals surface area (Å²) in [5.74, 6) is 0. The average molecular weight is 280 g/mol. The van der Waals surface area contributed by atoms with Crippen LogP contribution >= 0.6 is 0 Å². The molecule has 1 aliphatic rings. The molecule has 1 saturated carbocycles. The van der Waals surface area contributed by atoms with Gasteiger partial charge in [0.25, 0.3) is 0 Å². The van der Waals surface area contributed by atoms with Crippen LogP contribution in [0.25, 0.3) is 0 Å². The Morgan fingerprint density at radius 2 is 2.20 bits per heavy atom. The van der Waals surface area contributed by atoms with Crippen molar-refractivity contribution in [3.8, 4) is 0 Å². The summed E-state index contributed by atoms with van der Waals surface area (Å²) in [5.41, 5.74) is 0.695. The van der Waals surface area contributed by atoms with E-state index in [9.17, 15) is 4.79 Å². The smallest absolute Gasteiger partial charge is 0.407 e. The number of hydrogen-bond acceptors (Lipinski definition) is 4. The van der Waals surface area contributed by atoms with Crippen LogP contribution in [0.3, 0.4) is 0 Å². The minimum absolute atomic E-state index is 0.156. The number of amides is 1. The zero-order chi connectivity index (χ0) is 14.9. The van der Waals surface area contributed by atoms with Crippen molar-refractivity contribution < 1.29 is 9.53 Å². The second kappa shape index (κ2) is 5.44. The Morgan fingerprint density at radius 1 is 1.50 bits per heavy atom. The Morgan fingerprint density at radius 3 is 2.75 bits per heavy atom. The molecule has 1 amide bonds. The molecule has 0 bridgehead atoms. The van der Waals surface area contributed by atoms with E-state index < -0.39 is 5.60 Å². The van der Waals surface area contributed by atoms with Crippen LogP contribution in [0.5, 0.6) is 0 Å². The number of nitrogens with zero attached hydrogens (tertiary/aromatic N) is 2. The Balaban J connectivity index is 1.74. The van der Waals surface area contributed by atoms with Gasteiger partial charge in [0, 0.05) is 36.9 Å². The predicted molar refractivity (Wildman–Crippen MR) is 76.3 cm³/mol. The summed E-state index contributed by atoms with van der Waals surface area (Å²) < 4.78 is 7.03. The molecule has 0 aromatic carbocycles. The zero-order valence-corrected chi connectivity index (χ0v) is 12.8. The third kappa shape index (κ3) is 4.23. The third-order valence-corrected chi connectivity index (χ3v) is 3.18. The summed E-state index contributed by atoms with van der Waals surface area (Å²) >= 11 is 0. The standard InChI is InChI=1S/C14H24N4O2/c1-9(10-7-15-18(5)8-10)16-11-6-12(11)17-13(19)20-14(2,3)4/h7-9,11-12,16H,6H2,1-5H3,(H,17,19). The molecule has 1 heterocycles. The van der Waals surface area contributed by atoms with E-state index in [1.807, 2.05) is 40.2 Å². The maximum Gasteiger partial charge on any atom is 0.407 e. The van der Waals surface area contributed by atoms with Crippen LogP contribution in [0.1, 0.15) is 45.7 Å². The lowest BCUT2D eigenvalue weighted by Crippen LogP contribution is -2.37. The molecule has 0 aliphatic heterocycles. The van der Waals surface area contributed by atoms with Gasteiger partial charge < -0.3 is 15.4 Å². The Bertz CT molecular complexity index is 478. The third-order valence-electron chi connectivity index (χ3n) is 3.18. The van der Waals surface area contributed by atoms with Crippen molar-refractivity contribution in [2.24, 2.45) is 7.05 Å². The van der Waals surface area contributed by atoms with Crippen molar-refractivity contribution in [1.82, 2.24) is 20.4 Å². The molecule has 0 spiro atoms. The summed E-state index contributed by atoms with van der Waals surface area (Å²) in [6, 6.07) is 0.681. The van der Waals surface area contributed by atoms with E-state index in [2.05, 4.69) is 22.7 Å². The molecule has 1 aliphatic carbocycles. The van der Waals surface area contributed by atoms with E-state index in [1.165, 1.54) is 0 Å². The summed E-state index contributed by atoms with van der Waals surface area (Å²) in [4.78, 5) is 11.6. The number of alkyl carbamates (subject to hydrolysis) is 1. The molecule has 3 unspecified atom stereocenters. The first-order chi connectivity index (χ1) is 9.24. The predicted octanol–water partition coefficient (Wildman–Crippen LogP) is 1.74. The van der Waals surface area contributed by atoms with Crippen LogP contribution in [-0.4, -0.2) is 33.6 Å². The van der Waals surface area contributed by atoms with Crippen molar-refractivity contribution >= 4 is 6.09 Å². The highest BCUT2D eigenvalue weighted by Crippen LogP contribution is 2.25. The monoisotopic (exact) mass is 280 g/mol. The van der Waals surface area contributed by atoms with Gasteiger partial charge in [0.05, 0.1) is 6.20 Å². The summed E-state index contributed by atoms with van der Waals surface area (Å²) in [5, 5.41) is 10.5. The van der Waals surface area contributed by atoms with Crippen LogP contribution < -0.4 is 10.6 Å². The lowest BCUT2D eigenvalue weighted by molar-refractivity contribution is 0.0522. The van der Waals surface area contributed by atoms with E-state index in [-0.39, 0.29) is 18.2 Å². The molecule has 1 aromatic heterocycles. The molecule has 2 N–H and O–H groups in total. The number of carbonyl (C=O) groups is 1. The molecule has 112 valence electrons. The fourth-order valence-electron chi connectivity index (χ4n) is 2.08. The lowest BCUT2D eigenvalue weighted by atomic mass is 10.2. The number of aromatic nitrogens is 2. The first-order valence-corrected chi connectivity index (χ1v) is 6.99. The van der Waals surface area contributed by atoms with Crippen molar-refractivity contribution in [3.05, 3.63) is 18.0 Å². The fourth-order valence-corrected chi connectivity index (χ4v) is 2.08. The largest absolute Gasteiger partial charge is 0.444 e. The van der Waals surface area contributed by atoms with Crippen LogP contribution in [0.4, 0.5) is 4.79 Å². The average Bonchev–Trinajstić information content (AvgIpc) is 2.83. The van der Waals surface area contributed by atoms with Crippen LogP contribution in [0.2, 0.25) is 0 Å². The van der Waals surface area contributed by atoms with Gasteiger partial charge in [-0.15, -0.1) is 0 Å². The number of hydrogen-bond donors (Lipinski definition) is 2. The topological polar surface area (TPSA) is 68.2 Å². The van der Waals surface area contributed by atoms with Crippen LogP contribution in [-0.2, 0) is 11.8 Å². The second-order valence-corrected chi connectivity index (χ2v) is 6.43. The summed E-state index contributed by atoms with van der Waals surface area (Å²) in [6.45, 7) is 7.68. The number of carbonyl (C=O) groups excluding carboxylic acids is 1. The molecule has 1 fully saturated rings. The first-order valence-electron chi connectivity index (χ1n) is 6.99. The van der Waals surface area contributed by atoms with Crippen molar-refractivity contribution in [1.29, 1.82) is 0 Å². The van der Waals surface area contributed by atoms with Gasteiger partial charge in [-0.1, -0.05) is 0 Å². The number of nitrogens with one attached hydrogen (secondary N) is 2. The Labute approximate surface area is 119 Å².